The number of carbonyl (C=O) groups is 1. The molecule has 144 valence electrons. The Hall–Kier alpha value is -3.10. The molecule has 0 saturated carbocycles. The molecular weight excluding hydrogens is 346 g/mol. The summed E-state index contributed by atoms with van der Waals surface area (Å²) in [5, 5.41) is 23.1. The van der Waals surface area contributed by atoms with Crippen LogP contribution in [-0.4, -0.2) is 51.9 Å². The van der Waals surface area contributed by atoms with Crippen molar-refractivity contribution < 1.29 is 9.90 Å². The fourth-order valence-corrected chi connectivity index (χ4v) is 3.04. The van der Waals surface area contributed by atoms with E-state index in [0.717, 1.165) is 31.0 Å². The molecule has 0 radical (unpaired) electrons. The fourth-order valence-electron chi connectivity index (χ4n) is 3.04. The van der Waals surface area contributed by atoms with Gasteiger partial charge < -0.3 is 21.1 Å². The fraction of sp³-hybridized carbons (Fsp3) is 0.444. The molecule has 1 unspecified atom stereocenters. The van der Waals surface area contributed by atoms with Crippen LogP contribution in [0.3, 0.4) is 0 Å². The number of hydrogen-bond donors (Lipinski definition) is 4. The van der Waals surface area contributed by atoms with Gasteiger partial charge in [-0.05, 0) is 44.0 Å². The molecule has 0 spiro atoms. The molecule has 1 aliphatic rings. The number of carbonyl (C=O) groups excluding carboxylic acids is 1. The average Bonchev–Trinajstić information content (AvgIpc) is 3.05. The number of benzene rings is 1. The SMILES string of the molecule is CN=C(NCCNC(=O)c1ccc(O)cc1)NC1CCCn2nc(C)nc21. The number of amides is 1. The number of fused-ring (bicyclic) bond motifs is 1. The zero-order valence-corrected chi connectivity index (χ0v) is 15.6. The molecule has 1 atom stereocenters. The molecule has 2 heterocycles. The molecule has 0 bridgehead atoms. The maximum atomic E-state index is 12.0. The van der Waals surface area contributed by atoms with E-state index in [1.165, 1.54) is 12.1 Å². The monoisotopic (exact) mass is 371 g/mol. The predicted molar refractivity (Wildman–Crippen MR) is 102 cm³/mol. The molecule has 0 aliphatic carbocycles. The van der Waals surface area contributed by atoms with Crippen LogP contribution in [0.2, 0.25) is 0 Å². The van der Waals surface area contributed by atoms with Crippen molar-refractivity contribution in [2.75, 3.05) is 20.1 Å². The van der Waals surface area contributed by atoms with Gasteiger partial charge in [0.2, 0.25) is 0 Å². The second-order valence-electron chi connectivity index (χ2n) is 6.38. The van der Waals surface area contributed by atoms with Crippen LogP contribution in [0.5, 0.6) is 5.75 Å². The Bertz CT molecular complexity index is 814. The summed E-state index contributed by atoms with van der Waals surface area (Å²) in [7, 11) is 1.71. The zero-order chi connectivity index (χ0) is 19.2. The minimum atomic E-state index is -0.185. The number of guanidine groups is 1. The highest BCUT2D eigenvalue weighted by Crippen LogP contribution is 2.22. The molecular formula is C18H25N7O2. The summed E-state index contributed by atoms with van der Waals surface area (Å²) in [5.41, 5.74) is 0.507. The lowest BCUT2D eigenvalue weighted by Gasteiger charge is -2.25. The molecule has 1 aromatic carbocycles. The van der Waals surface area contributed by atoms with Crippen molar-refractivity contribution in [2.45, 2.75) is 32.4 Å². The molecule has 9 heteroatoms. The Labute approximate surface area is 157 Å². The highest BCUT2D eigenvalue weighted by molar-refractivity contribution is 5.94. The van der Waals surface area contributed by atoms with Crippen LogP contribution in [0, 0.1) is 6.92 Å². The number of aromatic nitrogens is 3. The first-order valence-corrected chi connectivity index (χ1v) is 9.02. The lowest BCUT2D eigenvalue weighted by molar-refractivity contribution is 0.0954. The first-order chi connectivity index (χ1) is 13.1. The van der Waals surface area contributed by atoms with Crippen molar-refractivity contribution in [1.82, 2.24) is 30.7 Å². The van der Waals surface area contributed by atoms with Crippen LogP contribution in [0.15, 0.2) is 29.3 Å². The van der Waals surface area contributed by atoms with Gasteiger partial charge in [-0.3, -0.25) is 9.79 Å². The second kappa shape index (κ2) is 8.52. The smallest absolute Gasteiger partial charge is 0.251 e. The van der Waals surface area contributed by atoms with E-state index in [1.807, 2.05) is 11.6 Å². The molecule has 1 aromatic heterocycles. The number of rotatable bonds is 5. The third-order valence-electron chi connectivity index (χ3n) is 4.35. The Morgan fingerprint density at radius 3 is 2.78 bits per heavy atom. The number of phenolic OH excluding ortho intramolecular Hbond substituents is 1. The standard InChI is InChI=1S/C18H25N7O2/c1-12-22-16-15(4-3-11-25(16)24-12)23-18(19-2)21-10-9-20-17(27)13-5-7-14(26)8-6-13/h5-8,15,26H,3-4,9-11H2,1-2H3,(H,20,27)(H2,19,21,23). The molecule has 27 heavy (non-hydrogen) atoms. The minimum absolute atomic E-state index is 0.0673. The summed E-state index contributed by atoms with van der Waals surface area (Å²) in [4.78, 5) is 20.8. The van der Waals surface area contributed by atoms with Crippen LogP contribution in [0.25, 0.3) is 0 Å². The van der Waals surface area contributed by atoms with E-state index >= 15 is 0 Å². The van der Waals surface area contributed by atoms with Gasteiger partial charge in [0, 0.05) is 32.2 Å². The van der Waals surface area contributed by atoms with Crippen molar-refractivity contribution in [3.8, 4) is 5.75 Å². The average molecular weight is 371 g/mol. The van der Waals surface area contributed by atoms with Gasteiger partial charge in [0.05, 0.1) is 6.04 Å². The van der Waals surface area contributed by atoms with E-state index in [1.54, 1.807) is 19.2 Å². The topological polar surface area (TPSA) is 116 Å². The largest absolute Gasteiger partial charge is 0.508 e. The number of nitrogens with zero attached hydrogens (tertiary/aromatic N) is 4. The highest BCUT2D eigenvalue weighted by atomic mass is 16.3. The molecule has 0 fully saturated rings. The molecule has 9 nitrogen and oxygen atoms in total. The minimum Gasteiger partial charge on any atom is -0.508 e. The van der Waals surface area contributed by atoms with Gasteiger partial charge in [-0.2, -0.15) is 5.10 Å². The summed E-state index contributed by atoms with van der Waals surface area (Å²) in [6.07, 6.45) is 2.00. The van der Waals surface area contributed by atoms with Crippen molar-refractivity contribution in [2.24, 2.45) is 4.99 Å². The zero-order valence-electron chi connectivity index (χ0n) is 15.6. The van der Waals surface area contributed by atoms with Gasteiger partial charge in [0.15, 0.2) is 5.96 Å². The van der Waals surface area contributed by atoms with Gasteiger partial charge >= 0.3 is 0 Å². The van der Waals surface area contributed by atoms with Gasteiger partial charge in [-0.1, -0.05) is 0 Å². The van der Waals surface area contributed by atoms with Crippen LogP contribution in [0.1, 0.15) is 40.9 Å². The van der Waals surface area contributed by atoms with Crippen LogP contribution < -0.4 is 16.0 Å². The highest BCUT2D eigenvalue weighted by Gasteiger charge is 2.24. The van der Waals surface area contributed by atoms with E-state index in [4.69, 9.17) is 0 Å². The Kier molecular flexibility index (Phi) is 5.90. The third kappa shape index (κ3) is 4.75. The van der Waals surface area contributed by atoms with Gasteiger partial charge in [0.1, 0.15) is 17.4 Å². The van der Waals surface area contributed by atoms with Crippen molar-refractivity contribution >= 4 is 11.9 Å². The van der Waals surface area contributed by atoms with Crippen molar-refractivity contribution in [1.29, 1.82) is 0 Å². The van der Waals surface area contributed by atoms with Crippen LogP contribution in [0.4, 0.5) is 0 Å². The first-order valence-electron chi connectivity index (χ1n) is 9.02. The summed E-state index contributed by atoms with van der Waals surface area (Å²) in [6, 6.07) is 6.21. The Morgan fingerprint density at radius 1 is 1.30 bits per heavy atom. The third-order valence-corrected chi connectivity index (χ3v) is 4.35. The van der Waals surface area contributed by atoms with Gasteiger partial charge in [-0.25, -0.2) is 9.67 Å². The maximum Gasteiger partial charge on any atom is 0.251 e. The summed E-state index contributed by atoms with van der Waals surface area (Å²) in [6.45, 7) is 3.76. The summed E-state index contributed by atoms with van der Waals surface area (Å²) >= 11 is 0. The number of hydrogen-bond acceptors (Lipinski definition) is 5. The van der Waals surface area contributed by atoms with Crippen LogP contribution in [-0.2, 0) is 6.54 Å². The molecule has 4 N–H and O–H groups in total. The summed E-state index contributed by atoms with van der Waals surface area (Å²) in [5.74, 6) is 2.32. The van der Waals surface area contributed by atoms with Gasteiger partial charge in [-0.15, -0.1) is 0 Å². The molecule has 0 saturated heterocycles. The van der Waals surface area contributed by atoms with Crippen molar-refractivity contribution in [3.63, 3.8) is 0 Å². The number of nitrogens with one attached hydrogen (secondary N) is 3. The van der Waals surface area contributed by atoms with E-state index in [-0.39, 0.29) is 17.7 Å². The van der Waals surface area contributed by atoms with Crippen LogP contribution >= 0.6 is 0 Å². The van der Waals surface area contributed by atoms with Crippen molar-refractivity contribution in [3.05, 3.63) is 41.5 Å². The quantitative estimate of drug-likeness (QED) is 0.350. The molecule has 3 rings (SSSR count). The van der Waals surface area contributed by atoms with Gasteiger partial charge in [0.25, 0.3) is 5.91 Å². The second-order valence-corrected chi connectivity index (χ2v) is 6.38. The molecule has 1 aliphatic heterocycles. The first kappa shape index (κ1) is 18.7. The van der Waals surface area contributed by atoms with E-state index in [2.05, 4.69) is 31.0 Å². The number of aryl methyl sites for hydroxylation is 2. The Morgan fingerprint density at radius 2 is 2.04 bits per heavy atom. The molecule has 1 amide bonds. The Balaban J connectivity index is 1.46. The normalized spacial score (nSPS) is 16.5. The number of phenols is 1. The lowest BCUT2D eigenvalue weighted by Crippen LogP contribution is -2.44. The maximum absolute atomic E-state index is 12.0. The van der Waals surface area contributed by atoms with E-state index in [0.29, 0.717) is 24.6 Å². The number of aliphatic imine (C=N–C) groups is 1. The molecule has 2 aromatic rings. The lowest BCUT2D eigenvalue weighted by atomic mass is 10.1. The van der Waals surface area contributed by atoms with E-state index < -0.39 is 0 Å². The summed E-state index contributed by atoms with van der Waals surface area (Å²) < 4.78 is 1.95. The predicted octanol–water partition coefficient (Wildman–Crippen LogP) is 0.722. The van der Waals surface area contributed by atoms with E-state index in [9.17, 15) is 9.90 Å². The number of aromatic hydroxyl groups is 1.